The molecule has 5 nitrogen and oxygen atoms in total. The van der Waals surface area contributed by atoms with E-state index in [2.05, 4.69) is 0 Å². The van der Waals surface area contributed by atoms with Crippen LogP contribution in [0.2, 0.25) is 0 Å². The van der Waals surface area contributed by atoms with E-state index in [4.69, 9.17) is 4.74 Å². The van der Waals surface area contributed by atoms with Crippen molar-refractivity contribution in [3.63, 3.8) is 0 Å². The number of esters is 1. The van der Waals surface area contributed by atoms with E-state index in [1.807, 2.05) is 0 Å². The van der Waals surface area contributed by atoms with E-state index >= 15 is 0 Å². The quantitative estimate of drug-likeness (QED) is 0.357. The van der Waals surface area contributed by atoms with Crippen LogP contribution in [0.1, 0.15) is 26.3 Å². The van der Waals surface area contributed by atoms with Crippen molar-refractivity contribution in [3.05, 3.63) is 46.0 Å². The van der Waals surface area contributed by atoms with Crippen molar-refractivity contribution in [3.8, 4) is 0 Å². The third-order valence-corrected chi connectivity index (χ3v) is 1.92. The molecular formula is C13H15NO4. The molecule has 0 amide bonds. The van der Waals surface area contributed by atoms with E-state index < -0.39 is 16.5 Å². The number of benzene rings is 1. The zero-order chi connectivity index (χ0) is 13.8. The first-order valence-electron chi connectivity index (χ1n) is 5.43. The molecule has 18 heavy (non-hydrogen) atoms. The maximum atomic E-state index is 11.4. The smallest absolute Gasteiger partial charge is 0.331 e. The predicted molar refractivity (Wildman–Crippen MR) is 68.0 cm³/mol. The van der Waals surface area contributed by atoms with E-state index in [0.29, 0.717) is 5.56 Å². The number of carbonyl (C=O) groups excluding carboxylic acids is 1. The highest BCUT2D eigenvalue weighted by molar-refractivity contribution is 5.87. The fourth-order valence-corrected chi connectivity index (χ4v) is 1.21. The minimum atomic E-state index is -0.531. The molecule has 0 bridgehead atoms. The van der Waals surface area contributed by atoms with Crippen LogP contribution in [0.25, 0.3) is 6.08 Å². The number of non-ortho nitro benzene ring substituents is 1. The Morgan fingerprint density at radius 1 is 1.28 bits per heavy atom. The SMILES string of the molecule is CC(C)(C)OC(=O)/C=C/c1ccc([N+](=O)[O-])cc1. The third kappa shape index (κ3) is 4.78. The Labute approximate surface area is 105 Å². The fourth-order valence-electron chi connectivity index (χ4n) is 1.21. The van der Waals surface area contributed by atoms with E-state index in [0.717, 1.165) is 0 Å². The molecule has 96 valence electrons. The average molecular weight is 249 g/mol. The van der Waals surface area contributed by atoms with Crippen LogP contribution in [0.4, 0.5) is 5.69 Å². The molecule has 1 rings (SSSR count). The first kappa shape index (κ1) is 13.9. The Morgan fingerprint density at radius 2 is 1.83 bits per heavy atom. The number of nitro benzene ring substituents is 1. The van der Waals surface area contributed by atoms with Crippen LogP contribution >= 0.6 is 0 Å². The Bertz CT molecular complexity index is 469. The van der Waals surface area contributed by atoms with Crippen molar-refractivity contribution < 1.29 is 14.5 Å². The predicted octanol–water partition coefficient (Wildman–Crippen LogP) is 2.95. The molecule has 0 unspecified atom stereocenters. The molecule has 0 saturated heterocycles. The molecular weight excluding hydrogens is 234 g/mol. The summed E-state index contributed by atoms with van der Waals surface area (Å²) in [4.78, 5) is 21.4. The van der Waals surface area contributed by atoms with Gasteiger partial charge in [-0.1, -0.05) is 0 Å². The average Bonchev–Trinajstić information content (AvgIpc) is 2.24. The molecule has 0 aliphatic rings. The van der Waals surface area contributed by atoms with Gasteiger partial charge in [0.25, 0.3) is 5.69 Å². The molecule has 0 aromatic heterocycles. The zero-order valence-electron chi connectivity index (χ0n) is 10.5. The molecule has 1 aromatic carbocycles. The molecule has 0 N–H and O–H groups in total. The van der Waals surface area contributed by atoms with Crippen LogP contribution in [-0.4, -0.2) is 16.5 Å². The third-order valence-electron chi connectivity index (χ3n) is 1.92. The van der Waals surface area contributed by atoms with Crippen LogP contribution in [0.15, 0.2) is 30.3 Å². The second-order valence-electron chi connectivity index (χ2n) is 4.72. The van der Waals surface area contributed by atoms with E-state index in [1.54, 1.807) is 39.0 Å². The number of rotatable bonds is 3. The van der Waals surface area contributed by atoms with Crippen LogP contribution in [0, 0.1) is 10.1 Å². The van der Waals surface area contributed by atoms with Gasteiger partial charge in [-0.05, 0) is 44.5 Å². The molecule has 0 spiro atoms. The maximum Gasteiger partial charge on any atom is 0.331 e. The number of ether oxygens (including phenoxy) is 1. The number of hydrogen-bond donors (Lipinski definition) is 0. The number of nitro groups is 1. The lowest BCUT2D eigenvalue weighted by Gasteiger charge is -2.17. The van der Waals surface area contributed by atoms with Gasteiger partial charge in [0.05, 0.1) is 4.92 Å². The Morgan fingerprint density at radius 3 is 2.28 bits per heavy atom. The molecule has 0 radical (unpaired) electrons. The molecule has 1 aromatic rings. The van der Waals surface area contributed by atoms with Gasteiger partial charge in [0, 0.05) is 18.2 Å². The normalized spacial score (nSPS) is 11.5. The van der Waals surface area contributed by atoms with Gasteiger partial charge < -0.3 is 4.74 Å². The second kappa shape index (κ2) is 5.44. The lowest BCUT2D eigenvalue weighted by atomic mass is 10.2. The number of carbonyl (C=O) groups is 1. The lowest BCUT2D eigenvalue weighted by Crippen LogP contribution is -2.22. The van der Waals surface area contributed by atoms with E-state index in [9.17, 15) is 14.9 Å². The van der Waals surface area contributed by atoms with Crippen molar-refractivity contribution in [2.75, 3.05) is 0 Å². The monoisotopic (exact) mass is 249 g/mol. The second-order valence-corrected chi connectivity index (χ2v) is 4.72. The summed E-state index contributed by atoms with van der Waals surface area (Å²) in [7, 11) is 0. The van der Waals surface area contributed by atoms with E-state index in [1.165, 1.54) is 18.2 Å². The van der Waals surface area contributed by atoms with Crippen molar-refractivity contribution in [1.29, 1.82) is 0 Å². The van der Waals surface area contributed by atoms with Crippen LogP contribution in [0.3, 0.4) is 0 Å². The van der Waals surface area contributed by atoms with Gasteiger partial charge in [-0.2, -0.15) is 0 Å². The summed E-state index contributed by atoms with van der Waals surface area (Å²) in [5.41, 5.74) is 0.188. The number of hydrogen-bond acceptors (Lipinski definition) is 4. The fraction of sp³-hybridized carbons (Fsp3) is 0.308. The van der Waals surface area contributed by atoms with Gasteiger partial charge in [-0.15, -0.1) is 0 Å². The molecule has 0 saturated carbocycles. The molecule has 0 fully saturated rings. The standard InChI is InChI=1S/C13H15NO4/c1-13(2,3)18-12(15)9-6-10-4-7-11(8-5-10)14(16)17/h4-9H,1-3H3/b9-6+. The van der Waals surface area contributed by atoms with Gasteiger partial charge in [0.2, 0.25) is 0 Å². The first-order chi connectivity index (χ1) is 8.28. The molecule has 0 aliphatic heterocycles. The first-order valence-corrected chi connectivity index (χ1v) is 5.43. The minimum Gasteiger partial charge on any atom is -0.457 e. The summed E-state index contributed by atoms with van der Waals surface area (Å²) in [5, 5.41) is 10.4. The lowest BCUT2D eigenvalue weighted by molar-refractivity contribution is -0.384. The molecule has 0 aliphatic carbocycles. The van der Waals surface area contributed by atoms with Crippen molar-refractivity contribution >= 4 is 17.7 Å². The van der Waals surface area contributed by atoms with Crippen LogP contribution in [-0.2, 0) is 9.53 Å². The largest absolute Gasteiger partial charge is 0.457 e. The van der Waals surface area contributed by atoms with Crippen LogP contribution in [0.5, 0.6) is 0 Å². The topological polar surface area (TPSA) is 69.4 Å². The van der Waals surface area contributed by atoms with Gasteiger partial charge in [-0.25, -0.2) is 4.79 Å². The summed E-state index contributed by atoms with van der Waals surface area (Å²) in [6.45, 7) is 5.35. The highest BCUT2D eigenvalue weighted by Crippen LogP contribution is 2.13. The molecule has 0 heterocycles. The van der Waals surface area contributed by atoms with Gasteiger partial charge in [0.15, 0.2) is 0 Å². The zero-order valence-corrected chi connectivity index (χ0v) is 10.5. The summed E-state index contributed by atoms with van der Waals surface area (Å²) >= 11 is 0. The van der Waals surface area contributed by atoms with Crippen molar-refractivity contribution in [1.82, 2.24) is 0 Å². The minimum absolute atomic E-state index is 0.0180. The summed E-state index contributed by atoms with van der Waals surface area (Å²) in [6.07, 6.45) is 2.85. The Balaban J connectivity index is 2.67. The number of nitrogens with zero attached hydrogens (tertiary/aromatic N) is 1. The molecule has 0 atom stereocenters. The van der Waals surface area contributed by atoms with Gasteiger partial charge in [-0.3, -0.25) is 10.1 Å². The highest BCUT2D eigenvalue weighted by Gasteiger charge is 2.13. The van der Waals surface area contributed by atoms with Crippen molar-refractivity contribution in [2.45, 2.75) is 26.4 Å². The van der Waals surface area contributed by atoms with E-state index in [-0.39, 0.29) is 5.69 Å². The summed E-state index contributed by atoms with van der Waals surface area (Å²) < 4.78 is 5.09. The van der Waals surface area contributed by atoms with Gasteiger partial charge in [0.1, 0.15) is 5.60 Å². The van der Waals surface area contributed by atoms with Crippen molar-refractivity contribution in [2.24, 2.45) is 0 Å². The summed E-state index contributed by atoms with van der Waals surface area (Å²) in [6, 6.07) is 5.90. The van der Waals surface area contributed by atoms with Gasteiger partial charge >= 0.3 is 5.97 Å². The Kier molecular flexibility index (Phi) is 4.20. The van der Waals surface area contributed by atoms with Crippen LogP contribution < -0.4 is 0 Å². The Hall–Kier alpha value is -2.17. The highest BCUT2D eigenvalue weighted by atomic mass is 16.6. The molecule has 5 heteroatoms. The summed E-state index contributed by atoms with van der Waals surface area (Å²) in [5.74, 6) is -0.444. The maximum absolute atomic E-state index is 11.4.